The molecule has 0 heterocycles. The number of rotatable bonds is 12. The van der Waals surface area contributed by atoms with Crippen molar-refractivity contribution in [2.24, 2.45) is 0 Å². The third-order valence-corrected chi connectivity index (χ3v) is 7.19. The van der Waals surface area contributed by atoms with Crippen molar-refractivity contribution in [3.63, 3.8) is 0 Å². The number of amides is 1. The molecule has 1 N–H and O–H groups in total. The molecule has 0 aliphatic carbocycles. The van der Waals surface area contributed by atoms with E-state index in [9.17, 15) is 9.59 Å². The van der Waals surface area contributed by atoms with E-state index >= 15 is 0 Å². The summed E-state index contributed by atoms with van der Waals surface area (Å²) in [4.78, 5) is 24.6. The van der Waals surface area contributed by atoms with Crippen LogP contribution in [0.25, 0.3) is 0 Å². The van der Waals surface area contributed by atoms with E-state index in [0.29, 0.717) is 48.0 Å². The molecule has 1 amide bonds. The van der Waals surface area contributed by atoms with Gasteiger partial charge < -0.3 is 19.5 Å². The number of carbonyl (C=O) groups is 2. The highest BCUT2D eigenvalue weighted by Gasteiger charge is 2.17. The minimum atomic E-state index is -0.321. The lowest BCUT2D eigenvalue weighted by Gasteiger charge is -2.18. The van der Waals surface area contributed by atoms with Gasteiger partial charge in [0.2, 0.25) is 0 Å². The molecule has 0 aliphatic rings. The lowest BCUT2D eigenvalue weighted by molar-refractivity contribution is -0.120. The van der Waals surface area contributed by atoms with Gasteiger partial charge in [0, 0.05) is 5.56 Å². The molecule has 0 unspecified atom stereocenters. The second-order valence-electron chi connectivity index (χ2n) is 10.9. The molecule has 222 valence electrons. The van der Waals surface area contributed by atoms with E-state index in [1.807, 2.05) is 73.7 Å². The largest absolute Gasteiger partial charge is 0.489 e. The Morgan fingerprint density at radius 2 is 1.45 bits per heavy atom. The molecule has 0 aliphatic heterocycles. The van der Waals surface area contributed by atoms with Crippen LogP contribution in [0.15, 0.2) is 115 Å². The number of anilines is 1. The lowest BCUT2D eigenvalue weighted by atomic mass is 9.91. The van der Waals surface area contributed by atoms with Crippen LogP contribution in [0, 0.1) is 6.92 Å². The maximum Gasteiger partial charge on any atom is 0.298 e. The molecule has 5 rings (SSSR count). The topological polar surface area (TPSA) is 73.9 Å². The Bertz CT molecular complexity index is 1710. The highest BCUT2D eigenvalue weighted by molar-refractivity contribution is 6.05. The van der Waals surface area contributed by atoms with E-state index in [2.05, 4.69) is 43.4 Å². The van der Waals surface area contributed by atoms with Gasteiger partial charge in [0.05, 0.1) is 5.69 Å². The van der Waals surface area contributed by atoms with Crippen LogP contribution < -0.4 is 19.5 Å². The average Bonchev–Trinajstić information content (AvgIpc) is 3.03. The fraction of sp³-hybridized carbons (Fsp3) is 0.158. The van der Waals surface area contributed by atoms with Gasteiger partial charge in [-0.25, -0.2) is 0 Å². The molecule has 5 aromatic rings. The molecule has 6 nitrogen and oxygen atoms in total. The number of hydrogen-bond acceptors (Lipinski definition) is 5. The maximum absolute atomic E-state index is 13.2. The summed E-state index contributed by atoms with van der Waals surface area (Å²) in [5.74, 6) is 2.32. The Morgan fingerprint density at radius 3 is 2.14 bits per heavy atom. The Labute approximate surface area is 258 Å². The van der Waals surface area contributed by atoms with E-state index in [4.69, 9.17) is 14.2 Å². The van der Waals surface area contributed by atoms with Crippen LogP contribution in [0.3, 0.4) is 0 Å². The minimum Gasteiger partial charge on any atom is -0.489 e. The summed E-state index contributed by atoms with van der Waals surface area (Å²) in [5, 5.41) is 2.93. The van der Waals surface area contributed by atoms with E-state index < -0.39 is 0 Å². The SMILES string of the molecule is Cc1cccc(OCc2ccc(Cc3cc(OC=O)c(NC(=O)c4ccc(Oc5ccccc5)cc4)cc3C(C)C)cc2)c1. The normalized spacial score (nSPS) is 10.7. The second-order valence-corrected chi connectivity index (χ2v) is 10.9. The Morgan fingerprint density at radius 1 is 0.773 bits per heavy atom. The van der Waals surface area contributed by atoms with Crippen LogP contribution >= 0.6 is 0 Å². The number of hydrogen-bond donors (Lipinski definition) is 1. The first kappa shape index (κ1) is 30.1. The van der Waals surface area contributed by atoms with Crippen molar-refractivity contribution in [1.29, 1.82) is 0 Å². The number of aryl methyl sites for hydroxylation is 1. The molecule has 6 heteroatoms. The maximum atomic E-state index is 13.2. The summed E-state index contributed by atoms with van der Waals surface area (Å²) < 4.78 is 17.1. The van der Waals surface area contributed by atoms with Gasteiger partial charge >= 0.3 is 0 Å². The Kier molecular flexibility index (Phi) is 9.72. The van der Waals surface area contributed by atoms with Gasteiger partial charge in [0.25, 0.3) is 12.4 Å². The monoisotopic (exact) mass is 585 g/mol. The Balaban J connectivity index is 1.30. The molecule has 0 radical (unpaired) electrons. The predicted molar refractivity (Wildman–Crippen MR) is 173 cm³/mol. The second kappa shape index (κ2) is 14.2. The number of ether oxygens (including phenoxy) is 3. The van der Waals surface area contributed by atoms with Crippen molar-refractivity contribution in [2.75, 3.05) is 5.32 Å². The van der Waals surface area contributed by atoms with E-state index in [0.717, 1.165) is 33.6 Å². The highest BCUT2D eigenvalue weighted by atomic mass is 16.5. The van der Waals surface area contributed by atoms with Crippen LogP contribution in [0.4, 0.5) is 5.69 Å². The summed E-state index contributed by atoms with van der Waals surface area (Å²) in [5.41, 5.74) is 6.29. The van der Waals surface area contributed by atoms with Gasteiger partial charge in [0.15, 0.2) is 5.75 Å². The number of para-hydroxylation sites is 1. The molecule has 0 aromatic heterocycles. The average molecular weight is 586 g/mol. The van der Waals surface area contributed by atoms with Crippen molar-refractivity contribution in [3.05, 3.63) is 149 Å². The first-order valence-corrected chi connectivity index (χ1v) is 14.6. The summed E-state index contributed by atoms with van der Waals surface area (Å²) in [6.45, 7) is 7.10. The molecular weight excluding hydrogens is 550 g/mol. The van der Waals surface area contributed by atoms with Crippen LogP contribution in [-0.4, -0.2) is 12.4 Å². The molecular formula is C38H35NO5. The van der Waals surface area contributed by atoms with Gasteiger partial charge in [-0.2, -0.15) is 0 Å². The van der Waals surface area contributed by atoms with Gasteiger partial charge in [-0.05, 0) is 108 Å². The molecule has 0 atom stereocenters. The molecule has 0 spiro atoms. The number of nitrogens with one attached hydrogen (secondary N) is 1. The summed E-state index contributed by atoms with van der Waals surface area (Å²) in [6.07, 6.45) is 0.638. The van der Waals surface area contributed by atoms with E-state index in [1.54, 1.807) is 24.3 Å². The molecule has 0 bridgehead atoms. The lowest BCUT2D eigenvalue weighted by Crippen LogP contribution is -2.14. The molecule has 44 heavy (non-hydrogen) atoms. The van der Waals surface area contributed by atoms with Crippen LogP contribution in [-0.2, 0) is 17.8 Å². The third-order valence-electron chi connectivity index (χ3n) is 7.19. The predicted octanol–water partition coefficient (Wildman–Crippen LogP) is 8.87. The molecule has 0 saturated carbocycles. The summed E-state index contributed by atoms with van der Waals surface area (Å²) in [7, 11) is 0. The zero-order chi connectivity index (χ0) is 30.9. The van der Waals surface area contributed by atoms with Crippen LogP contribution in [0.5, 0.6) is 23.0 Å². The van der Waals surface area contributed by atoms with Crippen molar-refractivity contribution in [1.82, 2.24) is 0 Å². The smallest absolute Gasteiger partial charge is 0.298 e. The zero-order valence-electron chi connectivity index (χ0n) is 25.1. The van der Waals surface area contributed by atoms with Gasteiger partial charge in [0.1, 0.15) is 23.9 Å². The highest BCUT2D eigenvalue weighted by Crippen LogP contribution is 2.34. The summed E-state index contributed by atoms with van der Waals surface area (Å²) >= 11 is 0. The first-order chi connectivity index (χ1) is 21.4. The van der Waals surface area contributed by atoms with Crippen molar-refractivity contribution >= 4 is 18.1 Å². The van der Waals surface area contributed by atoms with Crippen molar-refractivity contribution in [3.8, 4) is 23.0 Å². The van der Waals surface area contributed by atoms with Gasteiger partial charge in [-0.15, -0.1) is 0 Å². The molecule has 0 saturated heterocycles. The van der Waals surface area contributed by atoms with Crippen molar-refractivity contribution in [2.45, 2.75) is 39.7 Å². The minimum absolute atomic E-state index is 0.169. The fourth-order valence-corrected chi connectivity index (χ4v) is 4.91. The van der Waals surface area contributed by atoms with Crippen LogP contribution in [0.1, 0.15) is 57.9 Å². The fourth-order valence-electron chi connectivity index (χ4n) is 4.91. The van der Waals surface area contributed by atoms with E-state index in [1.165, 1.54) is 0 Å². The Hall–Kier alpha value is -5.36. The number of carbonyl (C=O) groups excluding carboxylic acids is 2. The standard InChI is InChI=1S/C38H35NO5/c1-26(2)35-23-36(39-38(41)30-16-18-33(19-17-30)44-32-9-5-4-6-10-32)37(43-25-40)22-31(35)21-28-12-14-29(15-13-28)24-42-34-11-7-8-27(3)20-34/h4-20,22-23,25-26H,21,24H2,1-3H3,(H,39,41). The quantitative estimate of drug-likeness (QED) is 0.148. The van der Waals surface area contributed by atoms with Gasteiger partial charge in [-0.1, -0.05) is 68.4 Å². The molecule has 5 aromatic carbocycles. The number of benzene rings is 5. The first-order valence-electron chi connectivity index (χ1n) is 14.6. The van der Waals surface area contributed by atoms with Crippen molar-refractivity contribution < 1.29 is 23.8 Å². The van der Waals surface area contributed by atoms with Gasteiger partial charge in [-0.3, -0.25) is 9.59 Å². The third kappa shape index (κ3) is 7.92. The zero-order valence-corrected chi connectivity index (χ0v) is 25.1. The molecule has 0 fully saturated rings. The summed E-state index contributed by atoms with van der Waals surface area (Å²) in [6, 6.07) is 36.3. The van der Waals surface area contributed by atoms with Crippen LogP contribution in [0.2, 0.25) is 0 Å². The van der Waals surface area contributed by atoms with E-state index in [-0.39, 0.29) is 11.8 Å².